The first-order valence-corrected chi connectivity index (χ1v) is 8.52. The Morgan fingerprint density at radius 1 is 1.18 bits per heavy atom. The van der Waals surface area contributed by atoms with Crippen molar-refractivity contribution in [3.05, 3.63) is 36.5 Å². The average molecular weight is 344 g/mol. The van der Waals surface area contributed by atoms with Crippen LogP contribution in [0.1, 0.15) is 26.7 Å². The Kier molecular flexibility index (Phi) is 6.31. The highest BCUT2D eigenvalue weighted by molar-refractivity contribution is 7.89. The lowest BCUT2D eigenvalue weighted by Crippen LogP contribution is -2.49. The van der Waals surface area contributed by atoms with Gasteiger partial charge in [-0.3, -0.25) is 4.98 Å². The number of hydrogen-bond acceptors (Lipinski definition) is 4. The molecule has 0 aliphatic carbocycles. The minimum Gasteiger partial charge on any atom is -0.324 e. The first kappa shape index (κ1) is 18.8. The van der Waals surface area contributed by atoms with Crippen LogP contribution in [0.3, 0.4) is 0 Å². The number of halogens is 1. The molecule has 0 atom stereocenters. The van der Waals surface area contributed by atoms with Gasteiger partial charge in [-0.25, -0.2) is 13.1 Å². The molecule has 0 aliphatic rings. The van der Waals surface area contributed by atoms with Crippen LogP contribution in [0.2, 0.25) is 0 Å². The van der Waals surface area contributed by atoms with E-state index in [0.29, 0.717) is 23.7 Å². The summed E-state index contributed by atoms with van der Waals surface area (Å²) < 4.78 is 27.7. The van der Waals surface area contributed by atoms with Gasteiger partial charge in [-0.05, 0) is 37.1 Å². The van der Waals surface area contributed by atoms with Crippen molar-refractivity contribution in [2.45, 2.75) is 37.1 Å². The van der Waals surface area contributed by atoms with Gasteiger partial charge in [-0.15, -0.1) is 12.4 Å². The summed E-state index contributed by atoms with van der Waals surface area (Å²) in [6.07, 6.45) is 3.07. The van der Waals surface area contributed by atoms with Crippen LogP contribution in [0.4, 0.5) is 0 Å². The quantitative estimate of drug-likeness (QED) is 0.843. The van der Waals surface area contributed by atoms with E-state index < -0.39 is 15.6 Å². The Bertz CT molecular complexity index is 725. The Labute approximate surface area is 137 Å². The van der Waals surface area contributed by atoms with Crippen molar-refractivity contribution in [1.82, 2.24) is 9.71 Å². The monoisotopic (exact) mass is 343 g/mol. The number of pyridine rings is 1. The van der Waals surface area contributed by atoms with Crippen molar-refractivity contribution in [3.8, 4) is 0 Å². The fraction of sp³-hybridized carbons (Fsp3) is 0.400. The molecule has 3 N–H and O–H groups in total. The van der Waals surface area contributed by atoms with E-state index in [1.165, 1.54) is 0 Å². The standard InChI is InChI=1S/C15H21N3O2S.ClH/c1-3-15(16,4-2)11-18-21(19,20)14-9-5-8-13-12(14)7-6-10-17-13;/h5-10,18H,3-4,11,16H2,1-2H3;1H. The fourth-order valence-electron chi connectivity index (χ4n) is 2.13. The molecule has 0 saturated heterocycles. The highest BCUT2D eigenvalue weighted by Crippen LogP contribution is 2.21. The number of hydrogen-bond donors (Lipinski definition) is 2. The van der Waals surface area contributed by atoms with Crippen LogP contribution in [0.25, 0.3) is 10.9 Å². The van der Waals surface area contributed by atoms with Crippen LogP contribution in [0.15, 0.2) is 41.4 Å². The molecule has 7 heteroatoms. The van der Waals surface area contributed by atoms with E-state index in [0.717, 1.165) is 0 Å². The van der Waals surface area contributed by atoms with Crippen LogP contribution in [0, 0.1) is 0 Å². The van der Waals surface area contributed by atoms with E-state index in [1.54, 1.807) is 36.5 Å². The smallest absolute Gasteiger partial charge is 0.241 e. The number of rotatable bonds is 6. The molecule has 0 spiro atoms. The van der Waals surface area contributed by atoms with E-state index in [9.17, 15) is 8.42 Å². The molecule has 0 aliphatic heterocycles. The summed E-state index contributed by atoms with van der Waals surface area (Å²) in [7, 11) is -3.61. The van der Waals surface area contributed by atoms with Gasteiger partial charge >= 0.3 is 0 Å². The summed E-state index contributed by atoms with van der Waals surface area (Å²) in [5.41, 5.74) is 6.29. The molecule has 0 bridgehead atoms. The molecule has 5 nitrogen and oxygen atoms in total. The summed E-state index contributed by atoms with van der Waals surface area (Å²) in [6, 6.07) is 8.56. The van der Waals surface area contributed by atoms with E-state index in [1.807, 2.05) is 13.8 Å². The van der Waals surface area contributed by atoms with Crippen LogP contribution in [0.5, 0.6) is 0 Å². The zero-order valence-electron chi connectivity index (χ0n) is 12.7. The Balaban J connectivity index is 0.00000242. The van der Waals surface area contributed by atoms with E-state index in [4.69, 9.17) is 5.73 Å². The summed E-state index contributed by atoms with van der Waals surface area (Å²) in [4.78, 5) is 4.42. The van der Waals surface area contributed by atoms with E-state index >= 15 is 0 Å². The highest BCUT2D eigenvalue weighted by atomic mass is 35.5. The van der Waals surface area contributed by atoms with E-state index in [-0.39, 0.29) is 23.8 Å². The SMILES string of the molecule is CCC(N)(CC)CNS(=O)(=O)c1cccc2ncccc12.Cl. The van der Waals surface area contributed by atoms with Crippen molar-refractivity contribution >= 4 is 33.3 Å². The summed E-state index contributed by atoms with van der Waals surface area (Å²) in [5, 5.41) is 0.614. The van der Waals surface area contributed by atoms with Crippen molar-refractivity contribution in [2.75, 3.05) is 6.54 Å². The third-order valence-electron chi connectivity index (χ3n) is 3.92. The lowest BCUT2D eigenvalue weighted by atomic mass is 9.95. The predicted octanol–water partition coefficient (Wildman–Crippen LogP) is 2.45. The number of sulfonamides is 1. The van der Waals surface area contributed by atoms with Crippen molar-refractivity contribution in [1.29, 1.82) is 0 Å². The molecule has 2 rings (SSSR count). The normalized spacial score (nSPS) is 12.1. The van der Waals surface area contributed by atoms with Crippen LogP contribution in [-0.4, -0.2) is 25.5 Å². The second-order valence-corrected chi connectivity index (χ2v) is 6.96. The molecule has 0 radical (unpaired) electrons. The second kappa shape index (κ2) is 7.37. The average Bonchev–Trinajstić information content (AvgIpc) is 2.52. The summed E-state index contributed by atoms with van der Waals surface area (Å²) in [5.74, 6) is 0. The van der Waals surface area contributed by atoms with Gasteiger partial charge < -0.3 is 5.73 Å². The third-order valence-corrected chi connectivity index (χ3v) is 5.38. The maximum absolute atomic E-state index is 12.5. The number of benzene rings is 1. The molecule has 22 heavy (non-hydrogen) atoms. The molecule has 1 heterocycles. The Morgan fingerprint density at radius 2 is 1.86 bits per heavy atom. The minimum atomic E-state index is -3.61. The molecular formula is C15H22ClN3O2S. The van der Waals surface area contributed by atoms with Gasteiger partial charge in [-0.2, -0.15) is 0 Å². The van der Waals surface area contributed by atoms with Crippen LogP contribution in [-0.2, 0) is 10.0 Å². The first-order valence-electron chi connectivity index (χ1n) is 7.04. The number of nitrogens with one attached hydrogen (secondary N) is 1. The molecular weight excluding hydrogens is 322 g/mol. The van der Waals surface area contributed by atoms with Crippen LogP contribution >= 0.6 is 12.4 Å². The molecule has 1 aromatic heterocycles. The molecule has 0 fully saturated rings. The van der Waals surface area contributed by atoms with Crippen molar-refractivity contribution < 1.29 is 8.42 Å². The summed E-state index contributed by atoms with van der Waals surface area (Å²) >= 11 is 0. The van der Waals surface area contributed by atoms with Crippen LogP contribution < -0.4 is 10.5 Å². The largest absolute Gasteiger partial charge is 0.324 e. The second-order valence-electron chi connectivity index (χ2n) is 5.22. The van der Waals surface area contributed by atoms with Gasteiger partial charge in [0, 0.05) is 23.7 Å². The molecule has 1 aromatic carbocycles. The molecule has 0 amide bonds. The van der Waals surface area contributed by atoms with Gasteiger partial charge in [0.25, 0.3) is 0 Å². The molecule has 2 aromatic rings. The zero-order valence-corrected chi connectivity index (χ0v) is 14.4. The number of fused-ring (bicyclic) bond motifs is 1. The van der Waals surface area contributed by atoms with Gasteiger partial charge in [0.05, 0.1) is 10.4 Å². The number of aromatic nitrogens is 1. The number of nitrogens with zero attached hydrogens (tertiary/aromatic N) is 1. The molecule has 122 valence electrons. The third kappa shape index (κ3) is 3.95. The maximum atomic E-state index is 12.5. The van der Waals surface area contributed by atoms with E-state index in [2.05, 4.69) is 9.71 Å². The lowest BCUT2D eigenvalue weighted by Gasteiger charge is -2.26. The fourth-order valence-corrected chi connectivity index (χ4v) is 3.48. The van der Waals surface area contributed by atoms with Gasteiger partial charge in [0.1, 0.15) is 0 Å². The number of nitrogens with two attached hydrogens (primary N) is 1. The van der Waals surface area contributed by atoms with Gasteiger partial charge in [-0.1, -0.05) is 19.9 Å². The summed E-state index contributed by atoms with van der Waals surface area (Å²) in [6.45, 7) is 4.14. The predicted molar refractivity (Wildman–Crippen MR) is 91.7 cm³/mol. The molecule has 0 saturated carbocycles. The topological polar surface area (TPSA) is 85.1 Å². The highest BCUT2D eigenvalue weighted by Gasteiger charge is 2.25. The molecule has 0 unspecified atom stereocenters. The Hall–Kier alpha value is -1.21. The van der Waals surface area contributed by atoms with Gasteiger partial charge in [0.15, 0.2) is 0 Å². The zero-order chi connectivity index (χ0) is 15.5. The Morgan fingerprint density at radius 3 is 2.50 bits per heavy atom. The van der Waals surface area contributed by atoms with Crippen molar-refractivity contribution in [3.63, 3.8) is 0 Å². The maximum Gasteiger partial charge on any atom is 0.241 e. The van der Waals surface area contributed by atoms with Crippen molar-refractivity contribution in [2.24, 2.45) is 5.73 Å². The lowest BCUT2D eigenvalue weighted by molar-refractivity contribution is 0.392. The van der Waals surface area contributed by atoms with Gasteiger partial charge in [0.2, 0.25) is 10.0 Å². The first-order chi connectivity index (χ1) is 9.92. The minimum absolute atomic E-state index is 0.